The molecule has 0 radical (unpaired) electrons. The molecular weight excluding hydrogens is 240 g/mol. The van der Waals surface area contributed by atoms with Crippen LogP contribution < -0.4 is 5.32 Å². The molecular formula is C15H32N2S. The summed E-state index contributed by atoms with van der Waals surface area (Å²) in [6, 6.07) is 1.34. The maximum absolute atomic E-state index is 3.70. The van der Waals surface area contributed by atoms with Crippen molar-refractivity contribution in [1.82, 2.24) is 10.2 Å². The summed E-state index contributed by atoms with van der Waals surface area (Å²) in [6.07, 6.45) is 6.33. The van der Waals surface area contributed by atoms with E-state index in [4.69, 9.17) is 0 Å². The number of thioether (sulfide) groups is 1. The molecule has 0 spiro atoms. The lowest BCUT2D eigenvalue weighted by atomic mass is 9.85. The molecule has 0 aromatic heterocycles. The topological polar surface area (TPSA) is 15.3 Å². The summed E-state index contributed by atoms with van der Waals surface area (Å²) in [5, 5.41) is 3.70. The molecule has 0 aliphatic carbocycles. The van der Waals surface area contributed by atoms with Crippen molar-refractivity contribution in [1.29, 1.82) is 0 Å². The first-order valence-electron chi connectivity index (χ1n) is 7.41. The number of rotatable bonds is 6. The van der Waals surface area contributed by atoms with Gasteiger partial charge in [-0.3, -0.25) is 4.90 Å². The first-order chi connectivity index (χ1) is 8.45. The van der Waals surface area contributed by atoms with Crippen LogP contribution in [0.4, 0.5) is 0 Å². The van der Waals surface area contributed by atoms with Crippen LogP contribution in [0.25, 0.3) is 0 Å². The molecule has 1 aliphatic rings. The van der Waals surface area contributed by atoms with Crippen LogP contribution in [0.15, 0.2) is 0 Å². The van der Waals surface area contributed by atoms with Gasteiger partial charge in [0, 0.05) is 25.2 Å². The third kappa shape index (κ3) is 5.50. The molecule has 1 rings (SSSR count). The van der Waals surface area contributed by atoms with E-state index in [1.165, 1.54) is 38.1 Å². The number of nitrogens with zero attached hydrogens (tertiary/aromatic N) is 1. The first kappa shape index (κ1) is 16.3. The highest BCUT2D eigenvalue weighted by Crippen LogP contribution is 2.23. The van der Waals surface area contributed by atoms with Crippen molar-refractivity contribution >= 4 is 11.8 Å². The summed E-state index contributed by atoms with van der Waals surface area (Å²) < 4.78 is 0. The molecule has 2 unspecified atom stereocenters. The fourth-order valence-electron chi connectivity index (χ4n) is 2.55. The molecule has 0 aromatic rings. The van der Waals surface area contributed by atoms with E-state index in [1.807, 2.05) is 11.8 Å². The Morgan fingerprint density at radius 1 is 1.22 bits per heavy atom. The number of hydrogen-bond acceptors (Lipinski definition) is 3. The second-order valence-electron chi connectivity index (χ2n) is 6.72. The van der Waals surface area contributed by atoms with Gasteiger partial charge in [0.2, 0.25) is 0 Å². The zero-order valence-corrected chi connectivity index (χ0v) is 13.8. The number of piperazine rings is 1. The molecule has 2 atom stereocenters. The highest BCUT2D eigenvalue weighted by molar-refractivity contribution is 7.98. The van der Waals surface area contributed by atoms with Gasteiger partial charge in [-0.2, -0.15) is 11.8 Å². The number of hydrogen-bond donors (Lipinski definition) is 1. The lowest BCUT2D eigenvalue weighted by Crippen LogP contribution is -2.59. The highest BCUT2D eigenvalue weighted by atomic mass is 32.2. The summed E-state index contributed by atoms with van der Waals surface area (Å²) in [7, 11) is 0. The summed E-state index contributed by atoms with van der Waals surface area (Å²) in [5.74, 6) is 1.32. The lowest BCUT2D eigenvalue weighted by molar-refractivity contribution is 0.0922. The van der Waals surface area contributed by atoms with Gasteiger partial charge in [0.1, 0.15) is 0 Å². The quantitative estimate of drug-likeness (QED) is 0.747. The molecule has 18 heavy (non-hydrogen) atoms. The normalized spacial score (nSPS) is 26.5. The predicted octanol–water partition coefficient (Wildman–Crippen LogP) is 3.23. The van der Waals surface area contributed by atoms with Crippen LogP contribution in [0.2, 0.25) is 0 Å². The van der Waals surface area contributed by atoms with Crippen molar-refractivity contribution in [3.05, 3.63) is 0 Å². The molecule has 1 aliphatic heterocycles. The molecule has 0 amide bonds. The standard InChI is InChI=1S/C15H32N2S/c1-13-11-16-14(15(2,3)4)12-17(13)9-7-6-8-10-18-5/h13-14,16H,6-12H2,1-5H3. The highest BCUT2D eigenvalue weighted by Gasteiger charge is 2.31. The van der Waals surface area contributed by atoms with Crippen LogP contribution in [0.3, 0.4) is 0 Å². The van der Waals surface area contributed by atoms with E-state index in [2.05, 4.69) is 44.2 Å². The molecule has 108 valence electrons. The summed E-state index contributed by atoms with van der Waals surface area (Å²) >= 11 is 1.97. The fourth-order valence-corrected chi connectivity index (χ4v) is 3.04. The van der Waals surface area contributed by atoms with Crippen LogP contribution >= 0.6 is 11.8 Å². The van der Waals surface area contributed by atoms with E-state index < -0.39 is 0 Å². The summed E-state index contributed by atoms with van der Waals surface area (Å²) in [4.78, 5) is 2.69. The largest absolute Gasteiger partial charge is 0.311 e. The Hall–Kier alpha value is 0.270. The number of nitrogens with one attached hydrogen (secondary N) is 1. The monoisotopic (exact) mass is 272 g/mol. The van der Waals surface area contributed by atoms with Gasteiger partial charge in [-0.05, 0) is 43.7 Å². The summed E-state index contributed by atoms with van der Waals surface area (Å²) in [6.45, 7) is 13.0. The van der Waals surface area contributed by atoms with Crippen LogP contribution in [0.5, 0.6) is 0 Å². The Balaban J connectivity index is 2.29. The van der Waals surface area contributed by atoms with E-state index in [1.54, 1.807) is 0 Å². The van der Waals surface area contributed by atoms with Crippen molar-refractivity contribution in [3.8, 4) is 0 Å². The number of unbranched alkanes of at least 4 members (excludes halogenated alkanes) is 2. The van der Waals surface area contributed by atoms with Gasteiger partial charge in [-0.1, -0.05) is 27.2 Å². The van der Waals surface area contributed by atoms with E-state index in [0.717, 1.165) is 6.54 Å². The Bertz CT molecular complexity index is 225. The Kier molecular flexibility index (Phi) is 7.04. The first-order valence-corrected chi connectivity index (χ1v) is 8.81. The third-order valence-electron chi connectivity index (χ3n) is 4.04. The second kappa shape index (κ2) is 7.76. The summed E-state index contributed by atoms with van der Waals surface area (Å²) in [5.41, 5.74) is 0.372. The van der Waals surface area contributed by atoms with E-state index >= 15 is 0 Å². The van der Waals surface area contributed by atoms with Crippen LogP contribution in [-0.2, 0) is 0 Å². The smallest absolute Gasteiger partial charge is 0.0244 e. The van der Waals surface area contributed by atoms with Gasteiger partial charge < -0.3 is 5.32 Å². The minimum Gasteiger partial charge on any atom is -0.311 e. The van der Waals surface area contributed by atoms with E-state index in [-0.39, 0.29) is 0 Å². The molecule has 0 bridgehead atoms. The molecule has 2 nitrogen and oxygen atoms in total. The maximum Gasteiger partial charge on any atom is 0.0244 e. The van der Waals surface area contributed by atoms with Crippen molar-refractivity contribution < 1.29 is 0 Å². The van der Waals surface area contributed by atoms with Gasteiger partial charge in [0.05, 0.1) is 0 Å². The van der Waals surface area contributed by atoms with Gasteiger partial charge in [0.25, 0.3) is 0 Å². The molecule has 1 heterocycles. The van der Waals surface area contributed by atoms with Gasteiger partial charge in [0.15, 0.2) is 0 Å². The fraction of sp³-hybridized carbons (Fsp3) is 1.00. The van der Waals surface area contributed by atoms with Gasteiger partial charge in [-0.15, -0.1) is 0 Å². The minimum atomic E-state index is 0.372. The Morgan fingerprint density at radius 2 is 1.94 bits per heavy atom. The van der Waals surface area contributed by atoms with Crippen molar-refractivity contribution in [3.63, 3.8) is 0 Å². The molecule has 3 heteroatoms. The molecule has 0 aromatic carbocycles. The average molecular weight is 273 g/mol. The second-order valence-corrected chi connectivity index (χ2v) is 7.71. The van der Waals surface area contributed by atoms with Crippen molar-refractivity contribution in [2.75, 3.05) is 31.6 Å². The Labute approximate surface area is 118 Å². The van der Waals surface area contributed by atoms with E-state index in [0.29, 0.717) is 17.5 Å². The molecule has 0 saturated carbocycles. The van der Waals surface area contributed by atoms with Crippen LogP contribution in [-0.4, -0.2) is 48.6 Å². The minimum absolute atomic E-state index is 0.372. The lowest BCUT2D eigenvalue weighted by Gasteiger charge is -2.44. The molecule has 1 saturated heterocycles. The van der Waals surface area contributed by atoms with E-state index in [9.17, 15) is 0 Å². The molecule has 1 fully saturated rings. The van der Waals surface area contributed by atoms with Crippen LogP contribution in [0, 0.1) is 5.41 Å². The third-order valence-corrected chi connectivity index (χ3v) is 4.74. The van der Waals surface area contributed by atoms with Crippen molar-refractivity contribution in [2.45, 2.75) is 59.0 Å². The zero-order chi connectivity index (χ0) is 13.6. The van der Waals surface area contributed by atoms with Gasteiger partial charge >= 0.3 is 0 Å². The molecule has 1 N–H and O–H groups in total. The van der Waals surface area contributed by atoms with Crippen LogP contribution in [0.1, 0.15) is 47.0 Å². The maximum atomic E-state index is 3.70. The van der Waals surface area contributed by atoms with Crippen molar-refractivity contribution in [2.24, 2.45) is 5.41 Å². The SMILES string of the molecule is CSCCCCCN1CC(C(C)(C)C)NCC1C. The average Bonchev–Trinajstić information content (AvgIpc) is 2.29. The Morgan fingerprint density at radius 3 is 2.56 bits per heavy atom. The predicted molar refractivity (Wildman–Crippen MR) is 84.5 cm³/mol. The van der Waals surface area contributed by atoms with Gasteiger partial charge in [-0.25, -0.2) is 0 Å². The zero-order valence-electron chi connectivity index (χ0n) is 13.0.